The van der Waals surface area contributed by atoms with Crippen molar-refractivity contribution in [1.82, 2.24) is 20.4 Å². The van der Waals surface area contributed by atoms with Gasteiger partial charge in [-0.2, -0.15) is 4.98 Å². The molecule has 0 bridgehead atoms. The van der Waals surface area contributed by atoms with Gasteiger partial charge in [-0.1, -0.05) is 5.16 Å². The van der Waals surface area contributed by atoms with Crippen molar-refractivity contribution >= 4 is 6.09 Å². The third-order valence-corrected chi connectivity index (χ3v) is 3.41. The summed E-state index contributed by atoms with van der Waals surface area (Å²) in [6.45, 7) is 9.66. The Bertz CT molecular complexity index is 495. The van der Waals surface area contributed by atoms with E-state index < -0.39 is 5.60 Å². The predicted octanol–water partition coefficient (Wildman–Crippen LogP) is 1.91. The van der Waals surface area contributed by atoms with Crippen molar-refractivity contribution in [2.75, 3.05) is 19.6 Å². The molecule has 2 rings (SSSR count). The van der Waals surface area contributed by atoms with Gasteiger partial charge in [-0.25, -0.2) is 4.79 Å². The van der Waals surface area contributed by atoms with Gasteiger partial charge in [-0.3, -0.25) is 0 Å². The van der Waals surface area contributed by atoms with Crippen LogP contribution in [-0.4, -0.2) is 52.4 Å². The van der Waals surface area contributed by atoms with Gasteiger partial charge in [-0.05, 0) is 40.5 Å². The summed E-state index contributed by atoms with van der Waals surface area (Å²) in [7, 11) is 0. The van der Waals surface area contributed by atoms with Crippen LogP contribution in [0.15, 0.2) is 4.52 Å². The maximum Gasteiger partial charge on any atom is 0.410 e. The monoisotopic (exact) mass is 310 g/mol. The van der Waals surface area contributed by atoms with Crippen molar-refractivity contribution in [1.29, 1.82) is 0 Å². The number of amides is 1. The van der Waals surface area contributed by atoms with E-state index in [1.54, 1.807) is 11.8 Å². The Kier molecular flexibility index (Phi) is 5.39. The van der Waals surface area contributed by atoms with Crippen LogP contribution in [0.2, 0.25) is 0 Å². The molecule has 0 spiro atoms. The maximum absolute atomic E-state index is 12.1. The van der Waals surface area contributed by atoms with Crippen LogP contribution in [-0.2, 0) is 11.2 Å². The Morgan fingerprint density at radius 2 is 2.27 bits per heavy atom. The molecule has 1 aromatic heterocycles. The van der Waals surface area contributed by atoms with Crippen LogP contribution in [0.25, 0.3) is 0 Å². The van der Waals surface area contributed by atoms with Crippen molar-refractivity contribution in [3.63, 3.8) is 0 Å². The second kappa shape index (κ2) is 7.09. The molecule has 124 valence electrons. The van der Waals surface area contributed by atoms with Crippen LogP contribution in [0, 0.1) is 6.92 Å². The second-order valence-corrected chi connectivity index (χ2v) is 6.70. The zero-order valence-corrected chi connectivity index (χ0v) is 13.9. The molecular weight excluding hydrogens is 284 g/mol. The van der Waals surface area contributed by atoms with Crippen molar-refractivity contribution in [3.05, 3.63) is 11.7 Å². The lowest BCUT2D eigenvalue weighted by atomic mass is 10.1. The molecule has 0 unspecified atom stereocenters. The third-order valence-electron chi connectivity index (χ3n) is 3.41. The number of hydrogen-bond acceptors (Lipinski definition) is 6. The summed E-state index contributed by atoms with van der Waals surface area (Å²) in [5, 5.41) is 7.22. The second-order valence-electron chi connectivity index (χ2n) is 6.70. The van der Waals surface area contributed by atoms with E-state index in [4.69, 9.17) is 9.26 Å². The summed E-state index contributed by atoms with van der Waals surface area (Å²) >= 11 is 0. The van der Waals surface area contributed by atoms with E-state index in [2.05, 4.69) is 15.5 Å². The summed E-state index contributed by atoms with van der Waals surface area (Å²) in [6.07, 6.45) is 2.51. The Morgan fingerprint density at radius 3 is 2.91 bits per heavy atom. The molecule has 7 heteroatoms. The van der Waals surface area contributed by atoms with E-state index in [1.165, 1.54) is 0 Å². The molecule has 1 aromatic rings. The molecule has 0 aromatic carbocycles. The Morgan fingerprint density at radius 1 is 1.50 bits per heavy atom. The molecule has 1 N–H and O–H groups in total. The molecule has 0 saturated carbocycles. The van der Waals surface area contributed by atoms with E-state index in [0.717, 1.165) is 25.9 Å². The number of carbonyl (C=O) groups excluding carboxylic acids is 1. The molecule has 1 aliphatic heterocycles. The normalized spacial score (nSPS) is 19.3. The minimum Gasteiger partial charge on any atom is -0.444 e. The molecule has 0 radical (unpaired) electrons. The van der Waals surface area contributed by atoms with E-state index in [9.17, 15) is 4.79 Å². The average molecular weight is 310 g/mol. The van der Waals surface area contributed by atoms with Crippen LogP contribution in [0.3, 0.4) is 0 Å². The summed E-state index contributed by atoms with van der Waals surface area (Å²) in [6, 6.07) is 0.283. The lowest BCUT2D eigenvalue weighted by Crippen LogP contribution is -2.49. The molecule has 22 heavy (non-hydrogen) atoms. The van der Waals surface area contributed by atoms with Crippen molar-refractivity contribution in [3.8, 4) is 0 Å². The molecule has 7 nitrogen and oxygen atoms in total. The Balaban J connectivity index is 1.74. The van der Waals surface area contributed by atoms with Crippen LogP contribution in [0.1, 0.15) is 45.3 Å². The van der Waals surface area contributed by atoms with Crippen molar-refractivity contribution in [2.24, 2.45) is 0 Å². The number of ether oxygens (including phenoxy) is 1. The number of nitrogens with one attached hydrogen (secondary N) is 1. The minimum absolute atomic E-state index is 0.230. The number of piperidine rings is 1. The Hall–Kier alpha value is -1.63. The molecule has 1 saturated heterocycles. The summed E-state index contributed by atoms with van der Waals surface area (Å²) in [5.41, 5.74) is -0.451. The van der Waals surface area contributed by atoms with Crippen molar-refractivity contribution < 1.29 is 14.1 Å². The molecule has 1 amide bonds. The standard InChI is InChI=1S/C15H26N4O3/c1-11-17-13(22-18-11)7-8-16-12-6-5-9-19(10-12)14(20)21-15(2,3)4/h12,16H,5-10H2,1-4H3/t12-/m0/s1. The van der Waals surface area contributed by atoms with Crippen LogP contribution >= 0.6 is 0 Å². The predicted molar refractivity (Wildman–Crippen MR) is 81.6 cm³/mol. The Labute approximate surface area is 131 Å². The van der Waals surface area contributed by atoms with Gasteiger partial charge in [0.2, 0.25) is 5.89 Å². The fourth-order valence-electron chi connectivity index (χ4n) is 2.46. The first kappa shape index (κ1) is 16.7. The lowest BCUT2D eigenvalue weighted by Gasteiger charge is -2.34. The highest BCUT2D eigenvalue weighted by atomic mass is 16.6. The number of aromatic nitrogens is 2. The van der Waals surface area contributed by atoms with E-state index in [-0.39, 0.29) is 12.1 Å². The van der Waals surface area contributed by atoms with E-state index in [1.807, 2.05) is 20.8 Å². The first-order valence-electron chi connectivity index (χ1n) is 7.84. The number of nitrogens with zero attached hydrogens (tertiary/aromatic N) is 3. The number of carbonyl (C=O) groups is 1. The zero-order chi connectivity index (χ0) is 16.2. The smallest absolute Gasteiger partial charge is 0.410 e. The van der Waals surface area contributed by atoms with Gasteiger partial charge in [0, 0.05) is 32.1 Å². The van der Waals surface area contributed by atoms with Crippen LogP contribution < -0.4 is 5.32 Å². The van der Waals surface area contributed by atoms with Gasteiger partial charge in [0.25, 0.3) is 0 Å². The highest BCUT2D eigenvalue weighted by Crippen LogP contribution is 2.15. The first-order valence-corrected chi connectivity index (χ1v) is 7.84. The molecular formula is C15H26N4O3. The highest BCUT2D eigenvalue weighted by molar-refractivity contribution is 5.68. The summed E-state index contributed by atoms with van der Waals surface area (Å²) < 4.78 is 10.5. The van der Waals surface area contributed by atoms with Gasteiger partial charge in [0.1, 0.15) is 5.60 Å². The topological polar surface area (TPSA) is 80.5 Å². The van der Waals surface area contributed by atoms with E-state index in [0.29, 0.717) is 24.7 Å². The fraction of sp³-hybridized carbons (Fsp3) is 0.800. The largest absolute Gasteiger partial charge is 0.444 e. The van der Waals surface area contributed by atoms with Gasteiger partial charge in [0.15, 0.2) is 5.82 Å². The van der Waals surface area contributed by atoms with E-state index >= 15 is 0 Å². The molecule has 0 aliphatic carbocycles. The van der Waals surface area contributed by atoms with Gasteiger partial charge in [0.05, 0.1) is 0 Å². The molecule has 2 heterocycles. The summed E-state index contributed by atoms with van der Waals surface area (Å²) in [4.78, 5) is 18.1. The molecule has 1 fully saturated rings. The third kappa shape index (κ3) is 5.29. The first-order chi connectivity index (χ1) is 10.3. The number of rotatable bonds is 4. The van der Waals surface area contributed by atoms with Gasteiger partial charge < -0.3 is 19.5 Å². The maximum atomic E-state index is 12.1. The number of hydrogen-bond donors (Lipinski definition) is 1. The fourth-order valence-corrected chi connectivity index (χ4v) is 2.46. The number of likely N-dealkylation sites (tertiary alicyclic amines) is 1. The van der Waals surface area contributed by atoms with Crippen molar-refractivity contribution in [2.45, 2.75) is 58.6 Å². The zero-order valence-electron chi connectivity index (χ0n) is 13.9. The average Bonchev–Trinajstić information content (AvgIpc) is 2.83. The molecule has 1 atom stereocenters. The minimum atomic E-state index is -0.451. The van der Waals surface area contributed by atoms with Gasteiger partial charge >= 0.3 is 6.09 Å². The SMILES string of the molecule is Cc1noc(CCN[C@H]2CCCN(C(=O)OC(C)(C)C)C2)n1. The number of aryl methyl sites for hydroxylation is 1. The van der Waals surface area contributed by atoms with Crippen LogP contribution in [0.5, 0.6) is 0 Å². The highest BCUT2D eigenvalue weighted by Gasteiger charge is 2.27. The van der Waals surface area contributed by atoms with Gasteiger partial charge in [-0.15, -0.1) is 0 Å². The van der Waals surface area contributed by atoms with Crippen LogP contribution in [0.4, 0.5) is 4.79 Å². The molecule has 1 aliphatic rings. The lowest BCUT2D eigenvalue weighted by molar-refractivity contribution is 0.0187. The quantitative estimate of drug-likeness (QED) is 0.915. The summed E-state index contributed by atoms with van der Waals surface area (Å²) in [5.74, 6) is 1.30.